The molecule has 8 nitrogen and oxygen atoms in total. The van der Waals surface area contributed by atoms with Crippen molar-refractivity contribution in [3.63, 3.8) is 0 Å². The van der Waals surface area contributed by atoms with E-state index in [2.05, 4.69) is 17.2 Å². The number of carbonyl (C=O) groups excluding carboxylic acids is 1. The lowest BCUT2D eigenvalue weighted by Gasteiger charge is -2.12. The number of hydrogen-bond acceptors (Lipinski definition) is 7. The van der Waals surface area contributed by atoms with Gasteiger partial charge in [-0.2, -0.15) is 0 Å². The zero-order chi connectivity index (χ0) is 20.0. The predicted octanol–water partition coefficient (Wildman–Crippen LogP) is 4.04. The quantitative estimate of drug-likeness (QED) is 0.491. The fraction of sp³-hybridized carbons (Fsp3) is 0.412. The summed E-state index contributed by atoms with van der Waals surface area (Å²) in [5.41, 5.74) is -0.191. The maximum absolute atomic E-state index is 12.6. The Morgan fingerprint density at radius 1 is 1.30 bits per heavy atom. The third-order valence-electron chi connectivity index (χ3n) is 4.11. The molecular formula is C17H21N3O5S2. The number of nitrogens with zero attached hydrogens (tertiary/aromatic N) is 2. The summed E-state index contributed by atoms with van der Waals surface area (Å²) >= 11 is 0.860. The molecule has 146 valence electrons. The van der Waals surface area contributed by atoms with Gasteiger partial charge in [-0.25, -0.2) is 13.4 Å². The van der Waals surface area contributed by atoms with Crippen molar-refractivity contribution in [2.24, 2.45) is 5.92 Å². The SMILES string of the molecule is CCCCC(CC)C(=O)Nc1ncc(S(=O)(=O)c2ccc([N+](=O)[O-])cc2)s1. The Hall–Kier alpha value is -2.33. The number of nitro groups is 1. The van der Waals surface area contributed by atoms with Crippen LogP contribution in [0.3, 0.4) is 0 Å². The number of sulfone groups is 1. The summed E-state index contributed by atoms with van der Waals surface area (Å²) in [6.07, 6.45) is 4.61. The fourth-order valence-corrected chi connectivity index (χ4v) is 4.92. The molecule has 0 saturated heterocycles. The van der Waals surface area contributed by atoms with E-state index in [-0.39, 0.29) is 31.7 Å². The molecular weight excluding hydrogens is 390 g/mol. The number of nitro benzene ring substituents is 1. The van der Waals surface area contributed by atoms with Crippen LogP contribution in [0.5, 0.6) is 0 Å². The van der Waals surface area contributed by atoms with Gasteiger partial charge in [0.2, 0.25) is 15.7 Å². The molecule has 0 aliphatic carbocycles. The number of nitrogens with one attached hydrogen (secondary N) is 1. The van der Waals surface area contributed by atoms with E-state index < -0.39 is 14.8 Å². The van der Waals surface area contributed by atoms with Crippen LogP contribution in [0, 0.1) is 16.0 Å². The number of rotatable bonds is 9. The van der Waals surface area contributed by atoms with E-state index in [9.17, 15) is 23.3 Å². The Kier molecular flexibility index (Phi) is 7.03. The van der Waals surface area contributed by atoms with E-state index in [4.69, 9.17) is 0 Å². The van der Waals surface area contributed by atoms with Crippen molar-refractivity contribution in [3.05, 3.63) is 40.6 Å². The average molecular weight is 412 g/mol. The number of benzene rings is 1. The molecule has 1 aromatic carbocycles. The normalized spacial score (nSPS) is 12.5. The van der Waals surface area contributed by atoms with Crippen LogP contribution in [-0.2, 0) is 14.6 Å². The lowest BCUT2D eigenvalue weighted by molar-refractivity contribution is -0.384. The van der Waals surface area contributed by atoms with Crippen LogP contribution >= 0.6 is 11.3 Å². The second-order valence-electron chi connectivity index (χ2n) is 5.98. The summed E-state index contributed by atoms with van der Waals surface area (Å²) in [6, 6.07) is 4.64. The molecule has 1 heterocycles. The van der Waals surface area contributed by atoms with E-state index in [1.165, 1.54) is 18.3 Å². The number of unbranched alkanes of at least 4 members (excludes halogenated alkanes) is 1. The fourth-order valence-electron chi connectivity index (χ4n) is 2.48. The predicted molar refractivity (Wildman–Crippen MR) is 103 cm³/mol. The third-order valence-corrected chi connectivity index (χ3v) is 7.25. The third kappa shape index (κ3) is 5.10. The van der Waals surface area contributed by atoms with Crippen LogP contribution in [0.4, 0.5) is 10.8 Å². The highest BCUT2D eigenvalue weighted by atomic mass is 32.2. The zero-order valence-electron chi connectivity index (χ0n) is 15.0. The number of amides is 1. The van der Waals surface area contributed by atoms with Gasteiger partial charge in [0.25, 0.3) is 5.69 Å². The summed E-state index contributed by atoms with van der Waals surface area (Å²) in [5.74, 6) is -0.303. The number of thiazole rings is 1. The molecule has 0 aliphatic heterocycles. The number of hydrogen-bond donors (Lipinski definition) is 1. The summed E-state index contributed by atoms with van der Waals surface area (Å²) in [5, 5.41) is 13.6. The molecule has 0 aliphatic rings. The Labute approximate surface area is 161 Å². The standard InChI is InChI=1S/C17H21N3O5S2/c1-3-5-6-12(4-2)16(21)19-17-18-11-15(26-17)27(24,25)14-9-7-13(8-10-14)20(22)23/h7-12H,3-6H2,1-2H3,(H,18,19,21). The number of anilines is 1. The van der Waals surface area contributed by atoms with E-state index in [0.717, 1.165) is 42.7 Å². The Bertz CT molecular complexity index is 907. The number of non-ortho nitro benzene ring substituents is 1. The van der Waals surface area contributed by atoms with Gasteiger partial charge in [0.05, 0.1) is 16.0 Å². The maximum Gasteiger partial charge on any atom is 0.269 e. The van der Waals surface area contributed by atoms with Crippen LogP contribution in [0.2, 0.25) is 0 Å². The van der Waals surface area contributed by atoms with Gasteiger partial charge in [-0.3, -0.25) is 14.9 Å². The van der Waals surface area contributed by atoms with Crippen LogP contribution in [0.15, 0.2) is 39.6 Å². The number of aromatic nitrogens is 1. The van der Waals surface area contributed by atoms with Gasteiger partial charge in [-0.1, -0.05) is 38.0 Å². The minimum atomic E-state index is -3.85. The molecule has 1 amide bonds. The molecule has 0 fully saturated rings. The van der Waals surface area contributed by atoms with Gasteiger partial charge in [0.1, 0.15) is 4.21 Å². The van der Waals surface area contributed by atoms with E-state index >= 15 is 0 Å². The van der Waals surface area contributed by atoms with Crippen LogP contribution in [-0.4, -0.2) is 24.2 Å². The summed E-state index contributed by atoms with van der Waals surface area (Å²) in [7, 11) is -3.85. The van der Waals surface area contributed by atoms with Crippen molar-refractivity contribution < 1.29 is 18.1 Å². The lowest BCUT2D eigenvalue weighted by Crippen LogP contribution is -2.22. The Morgan fingerprint density at radius 3 is 2.52 bits per heavy atom. The first-order valence-corrected chi connectivity index (χ1v) is 10.9. The summed E-state index contributed by atoms with van der Waals surface area (Å²) in [4.78, 5) is 26.3. The van der Waals surface area contributed by atoms with Crippen molar-refractivity contribution in [2.75, 3.05) is 5.32 Å². The van der Waals surface area contributed by atoms with Crippen LogP contribution in [0.1, 0.15) is 39.5 Å². The average Bonchev–Trinajstić information content (AvgIpc) is 3.11. The summed E-state index contributed by atoms with van der Waals surface area (Å²) < 4.78 is 25.2. The minimum Gasteiger partial charge on any atom is -0.302 e. The monoisotopic (exact) mass is 411 g/mol. The van der Waals surface area contributed by atoms with Crippen molar-refractivity contribution in [2.45, 2.75) is 48.6 Å². The maximum atomic E-state index is 12.6. The molecule has 10 heteroatoms. The molecule has 0 radical (unpaired) electrons. The van der Waals surface area contributed by atoms with E-state index in [0.29, 0.717) is 6.42 Å². The van der Waals surface area contributed by atoms with Crippen LogP contribution in [0.25, 0.3) is 0 Å². The molecule has 27 heavy (non-hydrogen) atoms. The topological polar surface area (TPSA) is 119 Å². The molecule has 0 saturated carbocycles. The molecule has 2 rings (SSSR count). The first-order chi connectivity index (χ1) is 12.8. The molecule has 0 spiro atoms. The van der Waals surface area contributed by atoms with E-state index in [1.807, 2.05) is 6.92 Å². The van der Waals surface area contributed by atoms with Gasteiger partial charge in [-0.15, -0.1) is 0 Å². The minimum absolute atomic E-state index is 0.0340. The van der Waals surface area contributed by atoms with Crippen molar-refractivity contribution >= 4 is 37.9 Å². The highest BCUT2D eigenvalue weighted by Crippen LogP contribution is 2.30. The van der Waals surface area contributed by atoms with Crippen molar-refractivity contribution in [1.82, 2.24) is 4.98 Å². The smallest absolute Gasteiger partial charge is 0.269 e. The first-order valence-electron chi connectivity index (χ1n) is 8.55. The molecule has 1 atom stereocenters. The second-order valence-corrected chi connectivity index (χ2v) is 9.18. The largest absolute Gasteiger partial charge is 0.302 e. The van der Waals surface area contributed by atoms with Gasteiger partial charge in [0, 0.05) is 18.1 Å². The van der Waals surface area contributed by atoms with Gasteiger partial charge in [-0.05, 0) is 25.0 Å². The molecule has 1 aromatic heterocycles. The molecule has 2 aromatic rings. The van der Waals surface area contributed by atoms with Gasteiger partial charge in [0.15, 0.2) is 5.13 Å². The molecule has 0 bridgehead atoms. The van der Waals surface area contributed by atoms with Crippen molar-refractivity contribution in [1.29, 1.82) is 0 Å². The highest BCUT2D eigenvalue weighted by molar-refractivity contribution is 7.93. The summed E-state index contributed by atoms with van der Waals surface area (Å²) in [6.45, 7) is 3.99. The highest BCUT2D eigenvalue weighted by Gasteiger charge is 2.23. The Morgan fingerprint density at radius 2 is 1.96 bits per heavy atom. The zero-order valence-corrected chi connectivity index (χ0v) is 16.7. The molecule has 1 N–H and O–H groups in total. The number of carbonyl (C=O) groups is 1. The first kappa shape index (κ1) is 21.0. The van der Waals surface area contributed by atoms with Gasteiger partial charge < -0.3 is 5.32 Å². The van der Waals surface area contributed by atoms with Crippen LogP contribution < -0.4 is 5.32 Å². The second kappa shape index (κ2) is 9.05. The molecule has 1 unspecified atom stereocenters. The van der Waals surface area contributed by atoms with E-state index in [1.54, 1.807) is 0 Å². The van der Waals surface area contributed by atoms with Gasteiger partial charge >= 0.3 is 0 Å². The van der Waals surface area contributed by atoms with Crippen molar-refractivity contribution in [3.8, 4) is 0 Å². The Balaban J connectivity index is 2.15. The lowest BCUT2D eigenvalue weighted by atomic mass is 9.99.